The van der Waals surface area contributed by atoms with Crippen molar-refractivity contribution in [1.29, 1.82) is 0 Å². The Morgan fingerprint density at radius 1 is 1.14 bits per heavy atom. The van der Waals surface area contributed by atoms with E-state index < -0.39 is 0 Å². The monoisotopic (exact) mass is 385 g/mol. The van der Waals surface area contributed by atoms with Crippen molar-refractivity contribution in [2.75, 3.05) is 46.1 Å². The van der Waals surface area contributed by atoms with Gasteiger partial charge >= 0.3 is 0 Å². The molecule has 8 heteroatoms. The first-order valence-corrected chi connectivity index (χ1v) is 9.85. The molecule has 1 aromatic carbocycles. The van der Waals surface area contributed by atoms with E-state index in [1.807, 2.05) is 18.2 Å². The average molecular weight is 385 g/mol. The maximum absolute atomic E-state index is 5.45. The zero-order valence-electron chi connectivity index (χ0n) is 16.3. The molecule has 0 unspecified atom stereocenters. The molecule has 0 saturated carbocycles. The van der Waals surface area contributed by atoms with Crippen molar-refractivity contribution in [3.8, 4) is 11.5 Å². The van der Waals surface area contributed by atoms with Crippen LogP contribution in [0.2, 0.25) is 0 Å². The van der Waals surface area contributed by atoms with E-state index in [9.17, 15) is 0 Å². The van der Waals surface area contributed by atoms with Crippen LogP contribution >= 0.6 is 0 Å². The third-order valence-electron chi connectivity index (χ3n) is 4.98. The lowest BCUT2D eigenvalue weighted by atomic mass is 10.1. The summed E-state index contributed by atoms with van der Waals surface area (Å²) < 4.78 is 15.7. The quantitative estimate of drug-likeness (QED) is 0.599. The minimum absolute atomic E-state index is 0.310. The van der Waals surface area contributed by atoms with E-state index in [2.05, 4.69) is 33.3 Å². The average Bonchev–Trinajstić information content (AvgIpc) is 3.39. The Hall–Kier alpha value is -2.74. The van der Waals surface area contributed by atoms with E-state index >= 15 is 0 Å². The number of hydrogen-bond acceptors (Lipinski definition) is 6. The number of benzene rings is 1. The van der Waals surface area contributed by atoms with Crippen molar-refractivity contribution in [1.82, 2.24) is 20.3 Å². The zero-order valence-corrected chi connectivity index (χ0v) is 16.3. The van der Waals surface area contributed by atoms with Crippen molar-refractivity contribution in [3.05, 3.63) is 41.8 Å². The lowest BCUT2D eigenvalue weighted by Crippen LogP contribution is -2.52. The minimum atomic E-state index is 0.310. The number of aliphatic imine (C=N–C) groups is 1. The fourth-order valence-electron chi connectivity index (χ4n) is 3.48. The topological polar surface area (TPSA) is 75.4 Å². The van der Waals surface area contributed by atoms with Gasteiger partial charge in [-0.25, -0.2) is 0 Å². The van der Waals surface area contributed by atoms with Crippen LogP contribution < -0.4 is 14.8 Å². The molecular weight excluding hydrogens is 358 g/mol. The summed E-state index contributed by atoms with van der Waals surface area (Å²) in [5.41, 5.74) is 2.19. The van der Waals surface area contributed by atoms with Gasteiger partial charge < -0.3 is 24.2 Å². The Bertz CT molecular complexity index is 785. The van der Waals surface area contributed by atoms with Gasteiger partial charge in [-0.2, -0.15) is 0 Å². The normalized spacial score (nSPS) is 17.2. The number of guanidine groups is 1. The fourth-order valence-corrected chi connectivity index (χ4v) is 3.48. The number of nitrogens with one attached hydrogen (secondary N) is 1. The first kappa shape index (κ1) is 18.6. The molecule has 0 spiro atoms. The van der Waals surface area contributed by atoms with Crippen LogP contribution in [0.3, 0.4) is 0 Å². The standard InChI is InChI=1S/C20H27N5O3/c1-2-21-20(22-7-5-16-3-4-18-19(13-16)27-15-26-18)25-10-8-24(9-11-25)14-17-6-12-28-23-17/h3-4,6,12-13H,2,5,7-11,14-15H2,1H3,(H,21,22). The first-order valence-electron chi connectivity index (χ1n) is 9.85. The summed E-state index contributed by atoms with van der Waals surface area (Å²) in [5.74, 6) is 2.64. The van der Waals surface area contributed by atoms with E-state index in [4.69, 9.17) is 19.0 Å². The molecule has 4 rings (SSSR count). The molecule has 1 aromatic heterocycles. The summed E-state index contributed by atoms with van der Waals surface area (Å²) >= 11 is 0. The molecule has 1 N–H and O–H groups in total. The van der Waals surface area contributed by atoms with Crippen molar-refractivity contribution in [2.24, 2.45) is 4.99 Å². The van der Waals surface area contributed by atoms with E-state index in [0.717, 1.165) is 75.4 Å². The summed E-state index contributed by atoms with van der Waals surface area (Å²) in [6.45, 7) is 8.73. The highest BCUT2D eigenvalue weighted by atomic mass is 16.7. The summed E-state index contributed by atoms with van der Waals surface area (Å²) in [6, 6.07) is 8.03. The van der Waals surface area contributed by atoms with Crippen LogP contribution in [0.4, 0.5) is 0 Å². The second-order valence-electron chi connectivity index (χ2n) is 6.93. The highest BCUT2D eigenvalue weighted by Gasteiger charge is 2.20. The van der Waals surface area contributed by atoms with Gasteiger partial charge in [-0.3, -0.25) is 9.89 Å². The predicted octanol–water partition coefficient (Wildman–Crippen LogP) is 1.73. The molecule has 2 aliphatic rings. The first-order chi connectivity index (χ1) is 13.8. The molecule has 0 aliphatic carbocycles. The van der Waals surface area contributed by atoms with Gasteiger partial charge in [-0.15, -0.1) is 0 Å². The molecular formula is C20H27N5O3. The van der Waals surface area contributed by atoms with E-state index in [1.165, 1.54) is 5.56 Å². The Morgan fingerprint density at radius 3 is 2.79 bits per heavy atom. The third kappa shape index (κ3) is 4.56. The molecule has 3 heterocycles. The summed E-state index contributed by atoms with van der Waals surface area (Å²) in [5, 5.41) is 7.43. The van der Waals surface area contributed by atoms with Crippen molar-refractivity contribution >= 4 is 5.96 Å². The lowest BCUT2D eigenvalue weighted by molar-refractivity contribution is 0.169. The summed E-state index contributed by atoms with van der Waals surface area (Å²) in [4.78, 5) is 9.57. The molecule has 0 bridgehead atoms. The summed E-state index contributed by atoms with van der Waals surface area (Å²) in [6.07, 6.45) is 2.50. The van der Waals surface area contributed by atoms with E-state index in [0.29, 0.717) is 6.79 Å². The Morgan fingerprint density at radius 2 is 2.00 bits per heavy atom. The Balaban J connectivity index is 1.29. The Kier molecular flexibility index (Phi) is 5.96. The van der Waals surface area contributed by atoms with Gasteiger partial charge in [0.25, 0.3) is 0 Å². The van der Waals surface area contributed by atoms with Crippen molar-refractivity contribution < 1.29 is 14.0 Å². The molecule has 2 aromatic rings. The van der Waals surface area contributed by atoms with Gasteiger partial charge in [0.15, 0.2) is 17.5 Å². The third-order valence-corrected chi connectivity index (χ3v) is 4.98. The van der Waals surface area contributed by atoms with Gasteiger partial charge in [-0.1, -0.05) is 11.2 Å². The maximum Gasteiger partial charge on any atom is 0.231 e. The molecule has 0 radical (unpaired) electrons. The number of fused-ring (bicyclic) bond motifs is 1. The van der Waals surface area contributed by atoms with Gasteiger partial charge in [0.2, 0.25) is 6.79 Å². The number of nitrogens with zero attached hydrogens (tertiary/aromatic N) is 4. The number of ether oxygens (including phenoxy) is 2. The lowest BCUT2D eigenvalue weighted by Gasteiger charge is -2.36. The number of rotatable bonds is 6. The van der Waals surface area contributed by atoms with Crippen LogP contribution in [0.15, 0.2) is 40.0 Å². The van der Waals surface area contributed by atoms with Gasteiger partial charge in [-0.05, 0) is 31.0 Å². The van der Waals surface area contributed by atoms with Crippen molar-refractivity contribution in [3.63, 3.8) is 0 Å². The van der Waals surface area contributed by atoms with E-state index in [-0.39, 0.29) is 0 Å². The molecule has 2 aliphatic heterocycles. The number of aromatic nitrogens is 1. The number of piperazine rings is 1. The fraction of sp³-hybridized carbons (Fsp3) is 0.500. The van der Waals surface area contributed by atoms with Crippen LogP contribution in [-0.2, 0) is 13.0 Å². The Labute approximate surface area is 165 Å². The van der Waals surface area contributed by atoms with Gasteiger partial charge in [0.1, 0.15) is 6.26 Å². The maximum atomic E-state index is 5.45. The van der Waals surface area contributed by atoms with Gasteiger partial charge in [0.05, 0.1) is 5.69 Å². The van der Waals surface area contributed by atoms with Crippen molar-refractivity contribution in [2.45, 2.75) is 19.9 Å². The minimum Gasteiger partial charge on any atom is -0.454 e. The zero-order chi connectivity index (χ0) is 19.2. The largest absolute Gasteiger partial charge is 0.454 e. The second kappa shape index (κ2) is 8.97. The highest BCUT2D eigenvalue weighted by Crippen LogP contribution is 2.32. The highest BCUT2D eigenvalue weighted by molar-refractivity contribution is 5.80. The summed E-state index contributed by atoms with van der Waals surface area (Å²) in [7, 11) is 0. The van der Waals surface area contributed by atoms with Crippen LogP contribution in [0.25, 0.3) is 0 Å². The predicted molar refractivity (Wildman–Crippen MR) is 106 cm³/mol. The van der Waals surface area contributed by atoms with E-state index in [1.54, 1.807) is 6.26 Å². The van der Waals surface area contributed by atoms with Gasteiger partial charge in [0, 0.05) is 51.9 Å². The van der Waals surface area contributed by atoms with Crippen LogP contribution in [-0.4, -0.2) is 67.0 Å². The SMILES string of the molecule is CCNC(=NCCc1ccc2c(c1)OCO2)N1CCN(Cc2ccon2)CC1. The molecule has 0 amide bonds. The smallest absolute Gasteiger partial charge is 0.231 e. The molecule has 150 valence electrons. The van der Waals surface area contributed by atoms with Crippen LogP contribution in [0, 0.1) is 0 Å². The molecule has 28 heavy (non-hydrogen) atoms. The molecule has 1 saturated heterocycles. The molecule has 1 fully saturated rings. The van der Waals surface area contributed by atoms with Crippen LogP contribution in [0.1, 0.15) is 18.2 Å². The molecule has 0 atom stereocenters. The number of hydrogen-bond donors (Lipinski definition) is 1. The molecule has 8 nitrogen and oxygen atoms in total. The van der Waals surface area contributed by atoms with Crippen LogP contribution in [0.5, 0.6) is 11.5 Å². The second-order valence-corrected chi connectivity index (χ2v) is 6.93.